The molecule has 2 aromatic rings. The van der Waals surface area contributed by atoms with Crippen LogP contribution in [0.15, 0.2) is 46.3 Å². The van der Waals surface area contributed by atoms with Crippen molar-refractivity contribution in [3.05, 3.63) is 64.2 Å². The van der Waals surface area contributed by atoms with E-state index in [0.29, 0.717) is 48.3 Å². The van der Waals surface area contributed by atoms with Crippen molar-refractivity contribution in [1.29, 1.82) is 5.41 Å². The Kier molecular flexibility index (Phi) is 12.9. The molecule has 1 fully saturated rings. The quantitative estimate of drug-likeness (QED) is 0.159. The van der Waals surface area contributed by atoms with Crippen molar-refractivity contribution < 1.29 is 18.0 Å². The number of hydrogen-bond donors (Lipinski definition) is 5. The molecule has 12 nitrogen and oxygen atoms in total. The minimum absolute atomic E-state index is 0.0505. The highest BCUT2D eigenvalue weighted by molar-refractivity contribution is 7.89. The summed E-state index contributed by atoms with van der Waals surface area (Å²) in [4.78, 5) is 34.5. The second-order valence-corrected chi connectivity index (χ2v) is 14.8. The van der Waals surface area contributed by atoms with Gasteiger partial charge >= 0.3 is 0 Å². The van der Waals surface area contributed by atoms with Gasteiger partial charge in [-0.1, -0.05) is 71.9 Å². The molecule has 2 amide bonds. The van der Waals surface area contributed by atoms with Crippen molar-refractivity contribution in [2.24, 2.45) is 22.2 Å². The lowest BCUT2D eigenvalue weighted by Crippen LogP contribution is -2.51. The van der Waals surface area contributed by atoms with Crippen molar-refractivity contribution in [3.8, 4) is 0 Å². The van der Waals surface area contributed by atoms with E-state index in [0.717, 1.165) is 5.56 Å². The maximum Gasteiger partial charge on any atom is 0.241 e. The molecule has 47 heavy (non-hydrogen) atoms. The Hall–Kier alpha value is -3.97. The summed E-state index contributed by atoms with van der Waals surface area (Å²) >= 11 is 0. The maximum atomic E-state index is 14.5. The first-order valence-corrected chi connectivity index (χ1v) is 17.7. The van der Waals surface area contributed by atoms with E-state index >= 15 is 0 Å². The highest BCUT2D eigenvalue weighted by Gasteiger charge is 2.34. The standard InChI is InChI=1S/C34H52N8O4S/c1-21(2)26-19-27(22(3)4)31(28(20-26)23(5)6)47(45,46)40-29(18-24-9-7-10-25(17-24)32(35)36)33(44)42-14-8-13-41(15-16-42)30(43)11-12-39-34(37)38/h7,9-10,17,19-23,29,40H,8,11-16,18H2,1-6H3,(H3,35,36)(H4,37,38,39)/t29-/m0/s1. The average molecular weight is 669 g/mol. The van der Waals surface area contributed by atoms with Gasteiger partial charge in [0, 0.05) is 38.2 Å². The molecule has 0 unspecified atom stereocenters. The summed E-state index contributed by atoms with van der Waals surface area (Å²) < 4.78 is 31.7. The molecule has 1 aliphatic rings. The van der Waals surface area contributed by atoms with Gasteiger partial charge in [-0.15, -0.1) is 0 Å². The molecule has 2 aromatic carbocycles. The number of carbonyl (C=O) groups is 2. The third kappa shape index (κ3) is 10.0. The lowest BCUT2D eigenvalue weighted by atomic mass is 9.89. The normalized spacial score (nSPS) is 14.7. The summed E-state index contributed by atoms with van der Waals surface area (Å²) in [6.45, 7) is 13.6. The van der Waals surface area contributed by atoms with Gasteiger partial charge in [-0.2, -0.15) is 4.72 Å². The lowest BCUT2D eigenvalue weighted by molar-refractivity contribution is -0.134. The van der Waals surface area contributed by atoms with E-state index < -0.39 is 16.1 Å². The summed E-state index contributed by atoms with van der Waals surface area (Å²) in [6, 6.07) is 9.71. The van der Waals surface area contributed by atoms with Gasteiger partial charge in [0.05, 0.1) is 11.4 Å². The minimum Gasteiger partial charge on any atom is -0.384 e. The summed E-state index contributed by atoms with van der Waals surface area (Å²) in [5, 5.41) is 7.87. The fourth-order valence-electron chi connectivity index (χ4n) is 5.77. The van der Waals surface area contributed by atoms with Crippen LogP contribution in [-0.4, -0.2) is 80.6 Å². The number of amides is 2. The van der Waals surface area contributed by atoms with Gasteiger partial charge in [-0.05, 0) is 58.9 Å². The van der Waals surface area contributed by atoms with E-state index in [1.165, 1.54) is 0 Å². The van der Waals surface area contributed by atoms with Gasteiger partial charge in [-0.3, -0.25) is 20.0 Å². The second-order valence-electron chi connectivity index (χ2n) is 13.1. The molecule has 1 atom stereocenters. The number of aliphatic imine (C=N–C) groups is 1. The Morgan fingerprint density at radius 2 is 1.49 bits per heavy atom. The molecule has 3 rings (SSSR count). The van der Waals surface area contributed by atoms with E-state index in [-0.39, 0.29) is 72.2 Å². The molecule has 0 bridgehead atoms. The first-order chi connectivity index (χ1) is 22.0. The Labute approximate surface area is 279 Å². The number of rotatable bonds is 13. The smallest absolute Gasteiger partial charge is 0.241 e. The van der Waals surface area contributed by atoms with Crippen LogP contribution in [0.25, 0.3) is 0 Å². The number of nitrogen functional groups attached to an aromatic ring is 1. The number of guanidine groups is 1. The van der Waals surface area contributed by atoms with Crippen LogP contribution in [0.3, 0.4) is 0 Å². The van der Waals surface area contributed by atoms with Crippen molar-refractivity contribution in [1.82, 2.24) is 14.5 Å². The molecule has 0 spiro atoms. The molecule has 13 heteroatoms. The zero-order chi connectivity index (χ0) is 35.1. The van der Waals surface area contributed by atoms with Gasteiger partial charge in [-0.25, -0.2) is 8.42 Å². The third-order valence-electron chi connectivity index (χ3n) is 8.40. The summed E-state index contributed by atoms with van der Waals surface area (Å²) in [5.41, 5.74) is 20.1. The number of nitrogens with two attached hydrogens (primary N) is 3. The molecule has 8 N–H and O–H groups in total. The Morgan fingerprint density at radius 1 is 0.894 bits per heavy atom. The fraction of sp³-hybridized carbons (Fsp3) is 0.529. The van der Waals surface area contributed by atoms with Crippen LogP contribution in [0.5, 0.6) is 0 Å². The van der Waals surface area contributed by atoms with Crippen molar-refractivity contribution >= 4 is 33.6 Å². The zero-order valence-corrected chi connectivity index (χ0v) is 29.4. The van der Waals surface area contributed by atoms with Crippen LogP contribution in [0.2, 0.25) is 0 Å². The van der Waals surface area contributed by atoms with Crippen LogP contribution in [0.1, 0.15) is 100.0 Å². The second kappa shape index (κ2) is 16.2. The largest absolute Gasteiger partial charge is 0.384 e. The zero-order valence-electron chi connectivity index (χ0n) is 28.5. The minimum atomic E-state index is -4.20. The number of amidine groups is 1. The molecular formula is C34H52N8O4S. The van der Waals surface area contributed by atoms with Gasteiger partial charge in [0.2, 0.25) is 21.8 Å². The number of carbonyl (C=O) groups excluding carboxylic acids is 2. The van der Waals surface area contributed by atoms with Crippen LogP contribution in [0.4, 0.5) is 0 Å². The number of sulfonamides is 1. The first kappa shape index (κ1) is 37.5. The fourth-order valence-corrected chi connectivity index (χ4v) is 7.66. The summed E-state index contributed by atoms with van der Waals surface area (Å²) in [7, 11) is -4.20. The molecular weight excluding hydrogens is 616 g/mol. The molecule has 1 saturated heterocycles. The topological polar surface area (TPSA) is 201 Å². The number of nitrogens with zero attached hydrogens (tertiary/aromatic N) is 3. The van der Waals surface area contributed by atoms with E-state index in [2.05, 4.69) is 23.6 Å². The monoisotopic (exact) mass is 668 g/mol. The van der Waals surface area contributed by atoms with E-state index in [4.69, 9.17) is 22.6 Å². The van der Waals surface area contributed by atoms with Crippen LogP contribution >= 0.6 is 0 Å². The van der Waals surface area contributed by atoms with E-state index in [9.17, 15) is 18.0 Å². The molecule has 0 saturated carbocycles. The molecule has 0 aromatic heterocycles. The predicted molar refractivity (Wildman–Crippen MR) is 187 cm³/mol. The maximum absolute atomic E-state index is 14.5. The molecule has 1 aliphatic heterocycles. The Morgan fingerprint density at radius 3 is 2.04 bits per heavy atom. The van der Waals surface area contributed by atoms with Gasteiger partial charge < -0.3 is 27.0 Å². The van der Waals surface area contributed by atoms with Crippen LogP contribution in [0, 0.1) is 5.41 Å². The first-order valence-electron chi connectivity index (χ1n) is 16.3. The van der Waals surface area contributed by atoms with E-state index in [1.54, 1.807) is 34.1 Å². The number of nitrogens with one attached hydrogen (secondary N) is 2. The van der Waals surface area contributed by atoms with Crippen LogP contribution in [-0.2, 0) is 26.0 Å². The summed E-state index contributed by atoms with van der Waals surface area (Å²) in [6.07, 6.45) is 0.729. The highest BCUT2D eigenvalue weighted by atomic mass is 32.2. The average Bonchev–Trinajstić information content (AvgIpc) is 3.26. The van der Waals surface area contributed by atoms with Gasteiger partial charge in [0.1, 0.15) is 11.9 Å². The number of benzene rings is 2. The molecule has 0 radical (unpaired) electrons. The molecule has 0 aliphatic carbocycles. The van der Waals surface area contributed by atoms with Gasteiger partial charge in [0.25, 0.3) is 0 Å². The number of hydrogen-bond acceptors (Lipinski definition) is 6. The molecule has 1 heterocycles. The van der Waals surface area contributed by atoms with Crippen molar-refractivity contribution in [2.75, 3.05) is 32.7 Å². The highest BCUT2D eigenvalue weighted by Crippen LogP contribution is 2.35. The van der Waals surface area contributed by atoms with Crippen molar-refractivity contribution in [3.63, 3.8) is 0 Å². The Balaban J connectivity index is 2.00. The molecule has 258 valence electrons. The SMILES string of the molecule is CC(C)c1cc(C(C)C)c(S(=O)(=O)N[C@@H](Cc2cccc(C(=N)N)c2)C(=O)N2CCCN(C(=O)CCN=C(N)N)CC2)c(C(C)C)c1. The van der Waals surface area contributed by atoms with Crippen molar-refractivity contribution in [2.45, 2.75) is 89.5 Å². The lowest BCUT2D eigenvalue weighted by Gasteiger charge is -2.29. The van der Waals surface area contributed by atoms with Gasteiger partial charge in [0.15, 0.2) is 5.96 Å². The van der Waals surface area contributed by atoms with Crippen LogP contribution < -0.4 is 21.9 Å². The summed E-state index contributed by atoms with van der Waals surface area (Å²) in [5.74, 6) is -0.660. The van der Waals surface area contributed by atoms with E-state index in [1.807, 2.05) is 39.8 Å². The Bertz CT molecular complexity index is 1550. The third-order valence-corrected chi connectivity index (χ3v) is 10.0. The predicted octanol–water partition coefficient (Wildman–Crippen LogP) is 2.95.